The first kappa shape index (κ1) is 11.8. The molecule has 0 aromatic heterocycles. The highest BCUT2D eigenvalue weighted by Gasteiger charge is 2.24. The molecule has 92 valence electrons. The minimum Gasteiger partial charge on any atom is -0.456 e. The molecule has 19 heavy (non-hydrogen) atoms. The third-order valence-corrected chi connectivity index (χ3v) is 3.40. The number of aryl methyl sites for hydroxylation is 1. The van der Waals surface area contributed by atoms with Gasteiger partial charge in [0.2, 0.25) is 0 Å². The van der Waals surface area contributed by atoms with Gasteiger partial charge in [-0.25, -0.2) is 0 Å². The molecule has 0 saturated heterocycles. The van der Waals surface area contributed by atoms with Crippen molar-refractivity contribution in [2.24, 2.45) is 0 Å². The van der Waals surface area contributed by atoms with E-state index in [4.69, 9.17) is 10.00 Å². The lowest BCUT2D eigenvalue weighted by molar-refractivity contribution is 0.480. The molecular weight excluding hydrogens is 237 g/mol. The second-order valence-corrected chi connectivity index (χ2v) is 4.63. The smallest absolute Gasteiger partial charge is 0.324 e. The maximum absolute atomic E-state index is 9.76. The van der Waals surface area contributed by atoms with Crippen molar-refractivity contribution in [2.75, 3.05) is 0 Å². The van der Waals surface area contributed by atoms with Gasteiger partial charge in [0.25, 0.3) is 0 Å². The van der Waals surface area contributed by atoms with Gasteiger partial charge in [0.15, 0.2) is 0 Å². The van der Waals surface area contributed by atoms with E-state index in [0.29, 0.717) is 17.1 Å². The summed E-state index contributed by atoms with van der Waals surface area (Å²) >= 11 is 0. The number of nitrogens with zero attached hydrogens (tertiary/aromatic N) is 1. The van der Waals surface area contributed by atoms with E-state index in [1.807, 2.05) is 30.3 Å². The van der Waals surface area contributed by atoms with E-state index in [1.165, 1.54) is 0 Å². The molecule has 3 rings (SSSR count). The number of fused-ring (bicyclic) bond motifs is 1. The first-order valence-electron chi connectivity index (χ1n) is 6.26. The van der Waals surface area contributed by atoms with Crippen LogP contribution in [0.1, 0.15) is 11.1 Å². The Morgan fingerprint density at radius 2 is 2.05 bits per heavy atom. The lowest BCUT2D eigenvalue weighted by Gasteiger charge is -2.09. The standard InChI is InChI=1S/C15H12BNO2/c17-10-12-3-1-2-4-15(12)19-13-5-6-14-11(9-13)7-8-16(14)18/h1-6,9,18H,7-8H2. The van der Waals surface area contributed by atoms with Gasteiger partial charge in [-0.3, -0.25) is 0 Å². The predicted octanol–water partition coefficient (Wildman–Crippen LogP) is 2.10. The number of ether oxygens (including phenoxy) is 1. The Morgan fingerprint density at radius 1 is 1.21 bits per heavy atom. The van der Waals surface area contributed by atoms with E-state index >= 15 is 0 Å². The third kappa shape index (κ3) is 2.21. The van der Waals surface area contributed by atoms with E-state index < -0.39 is 0 Å². The summed E-state index contributed by atoms with van der Waals surface area (Å²) in [5, 5.41) is 18.8. The molecule has 0 fully saturated rings. The second kappa shape index (κ2) is 4.79. The van der Waals surface area contributed by atoms with Gasteiger partial charge >= 0.3 is 6.92 Å². The number of benzene rings is 2. The number of para-hydroxylation sites is 1. The SMILES string of the molecule is N#Cc1ccccc1Oc1ccc2c(c1)CCB2O. The molecule has 1 aliphatic rings. The Bertz CT molecular complexity index is 663. The molecule has 0 radical (unpaired) electrons. The van der Waals surface area contributed by atoms with Crippen LogP contribution >= 0.6 is 0 Å². The summed E-state index contributed by atoms with van der Waals surface area (Å²) in [6.45, 7) is -0.351. The molecule has 0 aliphatic carbocycles. The lowest BCUT2D eigenvalue weighted by Crippen LogP contribution is -2.25. The van der Waals surface area contributed by atoms with Gasteiger partial charge in [-0.1, -0.05) is 18.2 Å². The van der Waals surface area contributed by atoms with Crippen molar-refractivity contribution in [1.29, 1.82) is 5.26 Å². The molecular formula is C15H12BNO2. The van der Waals surface area contributed by atoms with E-state index in [2.05, 4.69) is 6.07 Å². The monoisotopic (exact) mass is 249 g/mol. The van der Waals surface area contributed by atoms with Crippen molar-refractivity contribution >= 4 is 12.4 Å². The van der Waals surface area contributed by atoms with Gasteiger partial charge in [0.05, 0.1) is 5.56 Å². The Morgan fingerprint density at radius 3 is 2.89 bits per heavy atom. The van der Waals surface area contributed by atoms with Gasteiger partial charge in [-0.05, 0) is 48.0 Å². The molecule has 0 bridgehead atoms. The topological polar surface area (TPSA) is 53.2 Å². The summed E-state index contributed by atoms with van der Waals surface area (Å²) in [5.74, 6) is 1.26. The van der Waals surface area contributed by atoms with E-state index in [9.17, 15) is 5.02 Å². The summed E-state index contributed by atoms with van der Waals surface area (Å²) in [6, 6.07) is 14.9. The maximum atomic E-state index is 9.76. The zero-order valence-corrected chi connectivity index (χ0v) is 10.3. The van der Waals surface area contributed by atoms with Crippen LogP contribution in [0.25, 0.3) is 0 Å². The first-order valence-corrected chi connectivity index (χ1v) is 6.26. The van der Waals surface area contributed by atoms with Crippen LogP contribution in [0.2, 0.25) is 6.32 Å². The lowest BCUT2D eigenvalue weighted by atomic mass is 9.63. The fourth-order valence-electron chi connectivity index (χ4n) is 2.41. The van der Waals surface area contributed by atoms with Crippen molar-refractivity contribution in [3.8, 4) is 17.6 Å². The summed E-state index contributed by atoms with van der Waals surface area (Å²) < 4.78 is 5.76. The highest BCUT2D eigenvalue weighted by atomic mass is 16.5. The molecule has 0 spiro atoms. The number of hydrogen-bond donors (Lipinski definition) is 1. The zero-order chi connectivity index (χ0) is 13.2. The van der Waals surface area contributed by atoms with Gasteiger partial charge in [0.1, 0.15) is 17.6 Å². The van der Waals surface area contributed by atoms with Crippen molar-refractivity contribution in [3.05, 3.63) is 53.6 Å². The second-order valence-electron chi connectivity index (χ2n) is 4.63. The van der Waals surface area contributed by atoms with E-state index in [1.54, 1.807) is 12.1 Å². The first-order chi connectivity index (χ1) is 9.28. The minimum absolute atomic E-state index is 0.351. The van der Waals surface area contributed by atoms with Crippen molar-refractivity contribution in [1.82, 2.24) is 0 Å². The Hall–Kier alpha value is -2.25. The average molecular weight is 249 g/mol. The van der Waals surface area contributed by atoms with Gasteiger partial charge in [-0.2, -0.15) is 5.26 Å². The van der Waals surface area contributed by atoms with E-state index in [0.717, 1.165) is 23.8 Å². The molecule has 0 unspecified atom stereocenters. The fraction of sp³-hybridized carbons (Fsp3) is 0.133. The van der Waals surface area contributed by atoms with Crippen LogP contribution in [0.4, 0.5) is 0 Å². The summed E-state index contributed by atoms with van der Waals surface area (Å²) in [7, 11) is 0. The molecule has 4 heteroatoms. The van der Waals surface area contributed by atoms with Crippen LogP contribution in [0.15, 0.2) is 42.5 Å². The maximum Gasteiger partial charge on any atom is 0.324 e. The Balaban J connectivity index is 1.91. The normalized spacial score (nSPS) is 12.9. The van der Waals surface area contributed by atoms with Crippen LogP contribution in [0.3, 0.4) is 0 Å². The molecule has 2 aromatic carbocycles. The van der Waals surface area contributed by atoms with E-state index in [-0.39, 0.29) is 6.92 Å². The molecule has 0 amide bonds. The molecule has 3 nitrogen and oxygen atoms in total. The molecule has 0 saturated carbocycles. The predicted molar refractivity (Wildman–Crippen MR) is 73.8 cm³/mol. The summed E-state index contributed by atoms with van der Waals surface area (Å²) in [6.07, 6.45) is 1.64. The molecule has 1 heterocycles. The average Bonchev–Trinajstić information content (AvgIpc) is 2.81. The molecule has 2 aromatic rings. The van der Waals surface area contributed by atoms with Crippen LogP contribution in [0.5, 0.6) is 11.5 Å². The summed E-state index contributed by atoms with van der Waals surface area (Å²) in [4.78, 5) is 0. The Labute approximate surface area is 112 Å². The Kier molecular flexibility index (Phi) is 2.98. The van der Waals surface area contributed by atoms with Crippen LogP contribution in [-0.2, 0) is 6.42 Å². The van der Waals surface area contributed by atoms with Crippen molar-refractivity contribution < 1.29 is 9.76 Å². The number of hydrogen-bond acceptors (Lipinski definition) is 3. The molecule has 1 aliphatic heterocycles. The highest BCUT2D eigenvalue weighted by molar-refractivity contribution is 6.68. The minimum atomic E-state index is -0.351. The highest BCUT2D eigenvalue weighted by Crippen LogP contribution is 2.26. The van der Waals surface area contributed by atoms with Crippen LogP contribution in [0, 0.1) is 11.3 Å². The number of rotatable bonds is 2. The summed E-state index contributed by atoms with van der Waals surface area (Å²) in [5.41, 5.74) is 2.63. The van der Waals surface area contributed by atoms with Gasteiger partial charge in [-0.15, -0.1) is 0 Å². The van der Waals surface area contributed by atoms with Gasteiger partial charge < -0.3 is 9.76 Å². The fourth-order valence-corrected chi connectivity index (χ4v) is 2.41. The quantitative estimate of drug-likeness (QED) is 0.829. The zero-order valence-electron chi connectivity index (χ0n) is 10.3. The van der Waals surface area contributed by atoms with Crippen molar-refractivity contribution in [3.63, 3.8) is 0 Å². The van der Waals surface area contributed by atoms with Crippen LogP contribution in [-0.4, -0.2) is 11.9 Å². The van der Waals surface area contributed by atoms with Gasteiger partial charge in [0, 0.05) is 0 Å². The third-order valence-electron chi connectivity index (χ3n) is 3.40. The molecule has 1 N–H and O–H groups in total. The number of nitriles is 1. The largest absolute Gasteiger partial charge is 0.456 e. The van der Waals surface area contributed by atoms with Crippen molar-refractivity contribution in [2.45, 2.75) is 12.7 Å². The molecule has 0 atom stereocenters. The van der Waals surface area contributed by atoms with Crippen LogP contribution < -0.4 is 10.2 Å².